The van der Waals surface area contributed by atoms with Gasteiger partial charge in [-0.3, -0.25) is 5.43 Å². The molecule has 0 heterocycles. The number of para-hydroxylation sites is 1. The lowest BCUT2D eigenvalue weighted by Crippen LogP contribution is -2.20. The van der Waals surface area contributed by atoms with Crippen LogP contribution in [0.25, 0.3) is 0 Å². The Labute approximate surface area is 93.4 Å². The molecule has 0 amide bonds. The van der Waals surface area contributed by atoms with Gasteiger partial charge >= 0.3 is 0 Å². The molecule has 15 heavy (non-hydrogen) atoms. The Bertz CT molecular complexity index is 445. The molecule has 0 atom stereocenters. The minimum absolute atomic E-state index is 0.0152. The van der Waals surface area contributed by atoms with Gasteiger partial charge in [0.1, 0.15) is 11.1 Å². The van der Waals surface area contributed by atoms with E-state index in [1.165, 1.54) is 0 Å². The first-order chi connectivity index (χ1) is 7.15. The monoisotopic (exact) mass is 218 g/mol. The number of nitrogens with two attached hydrogens (primary N) is 1. The average Bonchev–Trinajstić information content (AvgIpc) is 2.21. The number of thiocarbonyl (C=S) groups is 1. The zero-order valence-electron chi connectivity index (χ0n) is 8.19. The first kappa shape index (κ1) is 11.1. The molecular formula is C10H10N4S. The number of hydrogen-bond donors (Lipinski definition) is 2. The number of nitriles is 1. The van der Waals surface area contributed by atoms with Gasteiger partial charge in [-0.15, -0.1) is 0 Å². The fraction of sp³-hybridized carbons (Fsp3) is 0.100. The van der Waals surface area contributed by atoms with E-state index in [0.29, 0.717) is 0 Å². The lowest BCUT2D eigenvalue weighted by molar-refractivity contribution is 1.31. The summed E-state index contributed by atoms with van der Waals surface area (Å²) in [6.45, 7) is 1.94. The number of nitrogens with zero attached hydrogens (tertiary/aromatic N) is 2. The first-order valence-electron chi connectivity index (χ1n) is 4.24. The number of nitrogens with one attached hydrogen (secondary N) is 1. The van der Waals surface area contributed by atoms with Gasteiger partial charge in [0, 0.05) is 0 Å². The van der Waals surface area contributed by atoms with Crippen molar-refractivity contribution >= 4 is 28.6 Å². The van der Waals surface area contributed by atoms with Gasteiger partial charge in [0.05, 0.1) is 5.69 Å². The molecular weight excluding hydrogens is 208 g/mol. The Hall–Kier alpha value is -1.93. The van der Waals surface area contributed by atoms with Crippen LogP contribution in [0.2, 0.25) is 0 Å². The summed E-state index contributed by atoms with van der Waals surface area (Å²) >= 11 is 4.65. The topological polar surface area (TPSA) is 74.2 Å². The Morgan fingerprint density at radius 2 is 2.20 bits per heavy atom. The molecule has 0 bridgehead atoms. The second kappa shape index (κ2) is 5.08. The quantitative estimate of drug-likeness (QED) is 0.459. The highest BCUT2D eigenvalue weighted by Gasteiger charge is 2.01. The van der Waals surface area contributed by atoms with E-state index in [9.17, 15) is 0 Å². The molecule has 0 fully saturated rings. The van der Waals surface area contributed by atoms with Crippen LogP contribution in [0.3, 0.4) is 0 Å². The molecule has 0 unspecified atom stereocenters. The van der Waals surface area contributed by atoms with E-state index in [-0.39, 0.29) is 10.7 Å². The van der Waals surface area contributed by atoms with Crippen LogP contribution in [0.1, 0.15) is 5.56 Å². The third-order valence-corrected chi connectivity index (χ3v) is 1.97. The Morgan fingerprint density at radius 1 is 1.53 bits per heavy atom. The van der Waals surface area contributed by atoms with Gasteiger partial charge in [-0.05, 0) is 18.6 Å². The molecule has 4 nitrogen and oxygen atoms in total. The lowest BCUT2D eigenvalue weighted by atomic mass is 10.2. The first-order valence-corrected chi connectivity index (χ1v) is 4.65. The van der Waals surface area contributed by atoms with Gasteiger partial charge in [0.25, 0.3) is 0 Å². The fourth-order valence-corrected chi connectivity index (χ4v) is 1.04. The van der Waals surface area contributed by atoms with Gasteiger partial charge in [0.2, 0.25) is 0 Å². The SMILES string of the molecule is Cc1ccccc1N/N=C(\C#N)C(N)=S. The summed E-state index contributed by atoms with van der Waals surface area (Å²) < 4.78 is 0. The van der Waals surface area contributed by atoms with E-state index in [1.54, 1.807) is 0 Å². The molecule has 1 rings (SSSR count). The summed E-state index contributed by atoms with van der Waals surface area (Å²) in [5.41, 5.74) is 9.90. The predicted octanol–water partition coefficient (Wildman–Crippen LogP) is 1.57. The highest BCUT2D eigenvalue weighted by atomic mass is 32.1. The van der Waals surface area contributed by atoms with Crippen molar-refractivity contribution in [3.05, 3.63) is 29.8 Å². The van der Waals surface area contributed by atoms with Crippen molar-refractivity contribution in [1.82, 2.24) is 0 Å². The average molecular weight is 218 g/mol. The lowest BCUT2D eigenvalue weighted by Gasteiger charge is -2.03. The summed E-state index contributed by atoms with van der Waals surface area (Å²) in [4.78, 5) is -0.0152. The van der Waals surface area contributed by atoms with E-state index in [2.05, 4.69) is 22.7 Å². The van der Waals surface area contributed by atoms with E-state index in [1.807, 2.05) is 37.3 Å². The summed E-state index contributed by atoms with van der Waals surface area (Å²) in [5, 5.41) is 12.5. The Morgan fingerprint density at radius 3 is 2.73 bits per heavy atom. The number of aryl methyl sites for hydroxylation is 1. The Kier molecular flexibility index (Phi) is 3.77. The van der Waals surface area contributed by atoms with Gasteiger partial charge in [-0.2, -0.15) is 10.4 Å². The zero-order valence-corrected chi connectivity index (χ0v) is 9.01. The van der Waals surface area contributed by atoms with Gasteiger partial charge in [0.15, 0.2) is 5.71 Å². The van der Waals surface area contributed by atoms with E-state index in [0.717, 1.165) is 11.3 Å². The summed E-state index contributed by atoms with van der Waals surface area (Å²) in [6, 6.07) is 9.39. The smallest absolute Gasteiger partial charge is 0.194 e. The zero-order chi connectivity index (χ0) is 11.3. The van der Waals surface area contributed by atoms with Crippen LogP contribution in [0.15, 0.2) is 29.4 Å². The molecule has 1 aromatic rings. The molecule has 0 saturated heterocycles. The van der Waals surface area contributed by atoms with Crippen LogP contribution in [0, 0.1) is 18.3 Å². The normalized spacial score (nSPS) is 10.5. The maximum Gasteiger partial charge on any atom is 0.194 e. The molecule has 0 radical (unpaired) electrons. The van der Waals surface area contributed by atoms with Crippen LogP contribution in [0.4, 0.5) is 5.69 Å². The van der Waals surface area contributed by atoms with Crippen molar-refractivity contribution in [2.75, 3.05) is 5.43 Å². The molecule has 0 aliphatic carbocycles. The third-order valence-electron chi connectivity index (χ3n) is 1.77. The second-order valence-corrected chi connectivity index (χ2v) is 3.30. The van der Waals surface area contributed by atoms with Crippen LogP contribution in [-0.4, -0.2) is 10.7 Å². The van der Waals surface area contributed by atoms with E-state index >= 15 is 0 Å². The van der Waals surface area contributed by atoms with Crippen LogP contribution in [-0.2, 0) is 0 Å². The summed E-state index contributed by atoms with van der Waals surface area (Å²) in [5.74, 6) is 0. The van der Waals surface area contributed by atoms with Gasteiger partial charge in [-0.1, -0.05) is 30.4 Å². The molecule has 0 aromatic heterocycles. The molecule has 5 heteroatoms. The standard InChI is InChI=1S/C10H10N4S/c1-7-4-2-3-5-8(7)13-14-9(6-11)10(12)15/h2-5,13H,1H3,(H2,12,15)/b14-9+. The second-order valence-electron chi connectivity index (χ2n) is 2.86. The van der Waals surface area contributed by atoms with Crippen LogP contribution < -0.4 is 11.2 Å². The highest BCUT2D eigenvalue weighted by Crippen LogP contribution is 2.12. The maximum absolute atomic E-state index is 8.66. The minimum Gasteiger partial charge on any atom is -0.387 e. The van der Waals surface area contributed by atoms with Crippen molar-refractivity contribution in [2.45, 2.75) is 6.92 Å². The van der Waals surface area contributed by atoms with Crippen LogP contribution in [0.5, 0.6) is 0 Å². The predicted molar refractivity (Wildman–Crippen MR) is 64.6 cm³/mol. The fourth-order valence-electron chi connectivity index (χ4n) is 0.950. The molecule has 0 spiro atoms. The van der Waals surface area contributed by atoms with Crippen molar-refractivity contribution in [3.63, 3.8) is 0 Å². The molecule has 0 aliphatic rings. The molecule has 76 valence electrons. The number of rotatable bonds is 3. The van der Waals surface area contributed by atoms with Crippen molar-refractivity contribution in [2.24, 2.45) is 10.8 Å². The molecule has 1 aromatic carbocycles. The number of benzene rings is 1. The minimum atomic E-state index is -0.0152. The van der Waals surface area contributed by atoms with Gasteiger partial charge in [-0.25, -0.2) is 0 Å². The Balaban J connectivity index is 2.85. The van der Waals surface area contributed by atoms with E-state index < -0.39 is 0 Å². The molecule has 0 aliphatic heterocycles. The number of anilines is 1. The van der Waals surface area contributed by atoms with Crippen LogP contribution >= 0.6 is 12.2 Å². The summed E-state index contributed by atoms with van der Waals surface area (Å²) in [6.07, 6.45) is 0. The number of hydrazone groups is 1. The number of hydrogen-bond acceptors (Lipinski definition) is 4. The summed E-state index contributed by atoms with van der Waals surface area (Å²) in [7, 11) is 0. The third kappa shape index (κ3) is 3.04. The maximum atomic E-state index is 8.66. The highest BCUT2D eigenvalue weighted by molar-refractivity contribution is 7.82. The van der Waals surface area contributed by atoms with E-state index in [4.69, 9.17) is 11.0 Å². The van der Waals surface area contributed by atoms with Gasteiger partial charge < -0.3 is 5.73 Å². The molecule has 3 N–H and O–H groups in total. The largest absolute Gasteiger partial charge is 0.387 e. The van der Waals surface area contributed by atoms with Crippen molar-refractivity contribution in [1.29, 1.82) is 5.26 Å². The molecule has 0 saturated carbocycles. The van der Waals surface area contributed by atoms with Crippen molar-refractivity contribution < 1.29 is 0 Å². The van der Waals surface area contributed by atoms with Crippen molar-refractivity contribution in [3.8, 4) is 6.07 Å².